The molecule has 2 unspecified atom stereocenters. The largest absolute Gasteiger partial charge is 0.369 e. The molecule has 1 fully saturated rings. The number of fused-ring (bicyclic) bond motifs is 1. The molecule has 1 aliphatic carbocycles. The lowest BCUT2D eigenvalue weighted by atomic mass is 9.90. The van der Waals surface area contributed by atoms with Crippen molar-refractivity contribution in [3.05, 3.63) is 64.8 Å². The molecule has 1 aliphatic rings. The first-order valence-corrected chi connectivity index (χ1v) is 10.4. The Balaban J connectivity index is 1.94. The molecule has 4 N–H and O–H groups in total. The van der Waals surface area contributed by atoms with Crippen LogP contribution in [-0.4, -0.2) is 10.9 Å². The average molecular weight is 388 g/mol. The van der Waals surface area contributed by atoms with Gasteiger partial charge in [0.1, 0.15) is 0 Å². The molecule has 3 aromatic rings. The van der Waals surface area contributed by atoms with Crippen molar-refractivity contribution in [2.24, 2.45) is 23.3 Å². The monoisotopic (exact) mass is 387 g/mol. The topological polar surface area (TPSA) is 82.0 Å². The van der Waals surface area contributed by atoms with Gasteiger partial charge >= 0.3 is 0 Å². The summed E-state index contributed by atoms with van der Waals surface area (Å²) in [5.41, 5.74) is 19.7. The van der Waals surface area contributed by atoms with Crippen LogP contribution >= 0.6 is 0 Å². The van der Waals surface area contributed by atoms with Gasteiger partial charge in [-0.2, -0.15) is 0 Å². The van der Waals surface area contributed by atoms with E-state index in [-0.39, 0.29) is 17.7 Å². The zero-order valence-corrected chi connectivity index (χ0v) is 17.4. The number of carbonyl (C=O) groups is 1. The van der Waals surface area contributed by atoms with E-state index < -0.39 is 0 Å². The number of benzene rings is 2. The van der Waals surface area contributed by atoms with Gasteiger partial charge in [-0.15, -0.1) is 0 Å². The van der Waals surface area contributed by atoms with Crippen LogP contribution in [0.5, 0.6) is 0 Å². The fourth-order valence-electron chi connectivity index (χ4n) is 4.30. The molecule has 150 valence electrons. The van der Waals surface area contributed by atoms with Gasteiger partial charge in [0.2, 0.25) is 5.91 Å². The molecule has 4 nitrogen and oxygen atoms in total. The van der Waals surface area contributed by atoms with Gasteiger partial charge in [0.15, 0.2) is 0 Å². The van der Waals surface area contributed by atoms with Gasteiger partial charge in [-0.3, -0.25) is 9.78 Å². The molecule has 1 saturated carbocycles. The standard InChI is InChI=1S/C25H29N3O/c1-14(2)10-23-21(13-26)24(16-6-4-15(3)5-7-16)20-11-17(8-9-22(20)28-23)18-12-19(18)25(27)29/h4-9,11,14,18-19H,10,12-13,26H2,1-3H3,(H2,27,29). The highest BCUT2D eigenvalue weighted by Gasteiger charge is 2.42. The van der Waals surface area contributed by atoms with Crippen molar-refractivity contribution in [3.63, 3.8) is 0 Å². The van der Waals surface area contributed by atoms with Crippen molar-refractivity contribution in [2.45, 2.75) is 46.1 Å². The van der Waals surface area contributed by atoms with E-state index >= 15 is 0 Å². The van der Waals surface area contributed by atoms with Gasteiger partial charge in [0.25, 0.3) is 0 Å². The van der Waals surface area contributed by atoms with Gasteiger partial charge in [-0.05, 0) is 66.0 Å². The first kappa shape index (κ1) is 19.6. The van der Waals surface area contributed by atoms with E-state index in [9.17, 15) is 4.79 Å². The summed E-state index contributed by atoms with van der Waals surface area (Å²) in [6.07, 6.45) is 1.73. The average Bonchev–Trinajstić information content (AvgIpc) is 3.48. The van der Waals surface area contributed by atoms with E-state index in [4.69, 9.17) is 16.5 Å². The molecule has 1 amide bonds. The van der Waals surface area contributed by atoms with Gasteiger partial charge < -0.3 is 11.5 Å². The summed E-state index contributed by atoms with van der Waals surface area (Å²) < 4.78 is 0. The zero-order chi connectivity index (χ0) is 20.7. The van der Waals surface area contributed by atoms with E-state index in [2.05, 4.69) is 63.2 Å². The predicted octanol–water partition coefficient (Wildman–Crippen LogP) is 4.46. The minimum atomic E-state index is -0.207. The molecular formula is C25H29N3O. The van der Waals surface area contributed by atoms with E-state index in [0.29, 0.717) is 12.5 Å². The van der Waals surface area contributed by atoms with E-state index in [1.54, 1.807) is 0 Å². The molecule has 0 radical (unpaired) electrons. The number of amides is 1. The molecule has 1 aromatic heterocycles. The molecule has 0 aliphatic heterocycles. The van der Waals surface area contributed by atoms with Crippen LogP contribution in [0.25, 0.3) is 22.0 Å². The highest BCUT2D eigenvalue weighted by molar-refractivity contribution is 5.97. The number of nitrogens with two attached hydrogens (primary N) is 2. The Bertz CT molecular complexity index is 1070. The van der Waals surface area contributed by atoms with Gasteiger partial charge in [-0.1, -0.05) is 49.7 Å². The summed E-state index contributed by atoms with van der Waals surface area (Å²) in [5, 5.41) is 1.11. The number of pyridine rings is 1. The summed E-state index contributed by atoms with van der Waals surface area (Å²) in [6.45, 7) is 6.96. The third kappa shape index (κ3) is 3.77. The number of rotatable bonds is 6. The number of hydrogen-bond donors (Lipinski definition) is 2. The maximum Gasteiger partial charge on any atom is 0.221 e. The Morgan fingerprint density at radius 3 is 2.48 bits per heavy atom. The minimum absolute atomic E-state index is 0.0440. The molecule has 2 atom stereocenters. The number of aromatic nitrogens is 1. The SMILES string of the molecule is Cc1ccc(-c2c(CN)c(CC(C)C)nc3ccc(C4CC4C(N)=O)cc23)cc1. The van der Waals surface area contributed by atoms with Gasteiger partial charge in [0.05, 0.1) is 5.52 Å². The Kier molecular flexibility index (Phi) is 5.13. The van der Waals surface area contributed by atoms with Crippen molar-refractivity contribution >= 4 is 16.8 Å². The second kappa shape index (κ2) is 7.60. The number of aryl methyl sites for hydroxylation is 1. The van der Waals surface area contributed by atoms with Crippen LogP contribution in [0.1, 0.15) is 48.6 Å². The second-order valence-electron chi connectivity index (χ2n) is 8.71. The molecule has 0 bridgehead atoms. The van der Waals surface area contributed by atoms with Crippen LogP contribution in [0.2, 0.25) is 0 Å². The van der Waals surface area contributed by atoms with E-state index in [1.165, 1.54) is 11.1 Å². The molecule has 4 heteroatoms. The summed E-state index contributed by atoms with van der Waals surface area (Å²) in [6, 6.07) is 15.0. The fraction of sp³-hybridized carbons (Fsp3) is 0.360. The minimum Gasteiger partial charge on any atom is -0.369 e. The Morgan fingerprint density at radius 1 is 1.17 bits per heavy atom. The molecule has 1 heterocycles. The lowest BCUT2D eigenvalue weighted by Gasteiger charge is -2.18. The van der Waals surface area contributed by atoms with Crippen LogP contribution in [0, 0.1) is 18.8 Å². The van der Waals surface area contributed by atoms with Crippen molar-refractivity contribution in [1.29, 1.82) is 0 Å². The normalized spacial score (nSPS) is 18.4. The van der Waals surface area contributed by atoms with Crippen LogP contribution in [0.15, 0.2) is 42.5 Å². The molecule has 29 heavy (non-hydrogen) atoms. The van der Waals surface area contributed by atoms with Crippen molar-refractivity contribution in [1.82, 2.24) is 4.98 Å². The summed E-state index contributed by atoms with van der Waals surface area (Å²) in [4.78, 5) is 16.6. The van der Waals surface area contributed by atoms with Crippen LogP contribution in [0.3, 0.4) is 0 Å². The Morgan fingerprint density at radius 2 is 1.90 bits per heavy atom. The number of hydrogen-bond acceptors (Lipinski definition) is 3. The summed E-state index contributed by atoms with van der Waals surface area (Å²) >= 11 is 0. The fourth-order valence-corrected chi connectivity index (χ4v) is 4.30. The Hall–Kier alpha value is -2.72. The smallest absolute Gasteiger partial charge is 0.221 e. The lowest BCUT2D eigenvalue weighted by Crippen LogP contribution is -2.13. The Labute approximate surface area is 172 Å². The predicted molar refractivity (Wildman–Crippen MR) is 118 cm³/mol. The first-order valence-electron chi connectivity index (χ1n) is 10.4. The third-order valence-corrected chi connectivity index (χ3v) is 5.93. The van der Waals surface area contributed by atoms with Gasteiger partial charge in [-0.25, -0.2) is 0 Å². The zero-order valence-electron chi connectivity index (χ0n) is 17.4. The molecule has 4 rings (SSSR count). The molecular weight excluding hydrogens is 358 g/mol. The first-order chi connectivity index (χ1) is 13.9. The summed E-state index contributed by atoms with van der Waals surface area (Å²) in [5.74, 6) is 0.469. The maximum absolute atomic E-state index is 11.6. The number of primary amides is 1. The highest BCUT2D eigenvalue weighted by Crippen LogP contribution is 2.48. The van der Waals surface area contributed by atoms with Crippen molar-refractivity contribution in [3.8, 4) is 11.1 Å². The molecule has 2 aromatic carbocycles. The van der Waals surface area contributed by atoms with Crippen LogP contribution in [0.4, 0.5) is 0 Å². The van der Waals surface area contributed by atoms with Crippen molar-refractivity contribution in [2.75, 3.05) is 0 Å². The quantitative estimate of drug-likeness (QED) is 0.655. The third-order valence-electron chi connectivity index (χ3n) is 5.93. The van der Waals surface area contributed by atoms with E-state index in [0.717, 1.165) is 46.1 Å². The van der Waals surface area contributed by atoms with Gasteiger partial charge in [0, 0.05) is 23.5 Å². The molecule has 0 spiro atoms. The second-order valence-corrected chi connectivity index (χ2v) is 8.71. The number of nitrogens with zero attached hydrogens (tertiary/aromatic N) is 1. The summed E-state index contributed by atoms with van der Waals surface area (Å²) in [7, 11) is 0. The maximum atomic E-state index is 11.6. The lowest BCUT2D eigenvalue weighted by molar-refractivity contribution is -0.119. The highest BCUT2D eigenvalue weighted by atomic mass is 16.1. The number of carbonyl (C=O) groups excluding carboxylic acids is 1. The molecule has 0 saturated heterocycles. The van der Waals surface area contributed by atoms with Crippen LogP contribution in [-0.2, 0) is 17.8 Å². The van der Waals surface area contributed by atoms with E-state index in [1.807, 2.05) is 0 Å². The van der Waals surface area contributed by atoms with Crippen LogP contribution < -0.4 is 11.5 Å². The van der Waals surface area contributed by atoms with Crippen molar-refractivity contribution < 1.29 is 4.79 Å².